The average molecular weight is 272 g/mol. The van der Waals surface area contributed by atoms with Crippen molar-refractivity contribution < 1.29 is 4.39 Å². The van der Waals surface area contributed by atoms with E-state index in [1.54, 1.807) is 17.4 Å². The minimum Gasteiger partial charge on any atom is -0.396 e. The number of halogens is 2. The molecule has 1 aromatic carbocycles. The molecule has 0 unspecified atom stereocenters. The van der Waals surface area contributed by atoms with Crippen LogP contribution in [0.1, 0.15) is 0 Å². The smallest absolute Gasteiger partial charge is 0.146 e. The molecule has 0 fully saturated rings. The highest BCUT2D eigenvalue weighted by Gasteiger charge is 2.04. The van der Waals surface area contributed by atoms with E-state index >= 15 is 0 Å². The molecule has 1 aromatic heterocycles. The quantitative estimate of drug-likeness (QED) is 0.783. The largest absolute Gasteiger partial charge is 0.396 e. The first kappa shape index (κ1) is 9.68. The summed E-state index contributed by atoms with van der Waals surface area (Å²) in [5.41, 5.74) is 6.43. The van der Waals surface area contributed by atoms with Crippen molar-refractivity contribution in [2.45, 2.75) is 0 Å². The van der Waals surface area contributed by atoms with Gasteiger partial charge in [0, 0.05) is 4.88 Å². The number of benzene rings is 1. The van der Waals surface area contributed by atoms with E-state index in [4.69, 9.17) is 5.73 Å². The molecule has 0 bridgehead atoms. The molecule has 0 amide bonds. The summed E-state index contributed by atoms with van der Waals surface area (Å²) in [5.74, 6) is -0.368. The van der Waals surface area contributed by atoms with Crippen LogP contribution < -0.4 is 5.73 Å². The van der Waals surface area contributed by atoms with Gasteiger partial charge in [-0.3, -0.25) is 0 Å². The van der Waals surface area contributed by atoms with E-state index in [2.05, 4.69) is 15.9 Å². The third-order valence-corrected chi connectivity index (χ3v) is 3.53. The molecule has 0 saturated carbocycles. The molecular weight excluding hydrogens is 265 g/mol. The van der Waals surface area contributed by atoms with Gasteiger partial charge in [-0.15, -0.1) is 11.3 Å². The summed E-state index contributed by atoms with van der Waals surface area (Å²) in [5, 5.41) is 0. The Bertz CT molecular complexity index is 467. The van der Waals surface area contributed by atoms with Crippen LogP contribution in [0.25, 0.3) is 10.4 Å². The molecule has 1 nitrogen and oxygen atoms in total. The van der Waals surface area contributed by atoms with E-state index in [1.807, 2.05) is 18.2 Å². The van der Waals surface area contributed by atoms with Gasteiger partial charge in [-0.2, -0.15) is 0 Å². The summed E-state index contributed by atoms with van der Waals surface area (Å²) in [6.45, 7) is 0. The molecule has 2 rings (SSSR count). The number of rotatable bonds is 1. The molecule has 0 atom stereocenters. The van der Waals surface area contributed by atoms with Gasteiger partial charge in [0.05, 0.1) is 9.47 Å². The van der Waals surface area contributed by atoms with Crippen LogP contribution in [0.5, 0.6) is 0 Å². The number of nitrogen functional groups attached to an aromatic ring is 1. The predicted octanol–water partition coefficient (Wildman–Crippen LogP) is 3.90. The van der Waals surface area contributed by atoms with Gasteiger partial charge in [0.1, 0.15) is 5.82 Å². The molecule has 0 aliphatic carbocycles. The van der Waals surface area contributed by atoms with Crippen LogP contribution >= 0.6 is 27.3 Å². The topological polar surface area (TPSA) is 26.0 Å². The molecule has 0 aliphatic rings. The highest BCUT2D eigenvalue weighted by Crippen LogP contribution is 2.32. The molecule has 0 saturated heterocycles. The number of hydrogen-bond donors (Lipinski definition) is 1. The van der Waals surface area contributed by atoms with E-state index in [0.29, 0.717) is 0 Å². The number of hydrogen-bond acceptors (Lipinski definition) is 2. The van der Waals surface area contributed by atoms with Crippen LogP contribution in [0.3, 0.4) is 0 Å². The zero-order valence-electron chi connectivity index (χ0n) is 7.13. The maximum absolute atomic E-state index is 13.1. The molecule has 14 heavy (non-hydrogen) atoms. The van der Waals surface area contributed by atoms with Crippen LogP contribution in [0, 0.1) is 5.82 Å². The van der Waals surface area contributed by atoms with Gasteiger partial charge >= 0.3 is 0 Å². The fourth-order valence-corrected chi connectivity index (χ4v) is 2.53. The van der Waals surface area contributed by atoms with E-state index in [9.17, 15) is 4.39 Å². The maximum atomic E-state index is 13.1. The summed E-state index contributed by atoms with van der Waals surface area (Å²) < 4.78 is 14.2. The minimum absolute atomic E-state index is 0.185. The van der Waals surface area contributed by atoms with E-state index in [-0.39, 0.29) is 11.5 Å². The second-order valence-electron chi connectivity index (χ2n) is 2.84. The van der Waals surface area contributed by atoms with Crippen molar-refractivity contribution in [2.75, 3.05) is 5.73 Å². The van der Waals surface area contributed by atoms with Crippen molar-refractivity contribution in [3.63, 3.8) is 0 Å². The first-order chi connectivity index (χ1) is 6.66. The Balaban J connectivity index is 2.47. The SMILES string of the molecule is Nc1ccc(-c2ccc(Br)s2)cc1F. The lowest BCUT2D eigenvalue weighted by atomic mass is 10.1. The van der Waals surface area contributed by atoms with Gasteiger partial charge < -0.3 is 5.73 Å². The highest BCUT2D eigenvalue weighted by atomic mass is 79.9. The zero-order valence-corrected chi connectivity index (χ0v) is 9.53. The third kappa shape index (κ3) is 1.81. The summed E-state index contributed by atoms with van der Waals surface area (Å²) in [7, 11) is 0. The Morgan fingerprint density at radius 1 is 1.21 bits per heavy atom. The first-order valence-electron chi connectivity index (χ1n) is 3.97. The predicted molar refractivity (Wildman–Crippen MR) is 61.8 cm³/mol. The van der Waals surface area contributed by atoms with E-state index < -0.39 is 0 Å². The number of anilines is 1. The summed E-state index contributed by atoms with van der Waals surface area (Å²) >= 11 is 4.93. The van der Waals surface area contributed by atoms with Crippen molar-refractivity contribution in [3.05, 3.63) is 39.9 Å². The summed E-state index contributed by atoms with van der Waals surface area (Å²) in [6.07, 6.45) is 0. The normalized spacial score (nSPS) is 10.4. The molecule has 0 aliphatic heterocycles. The molecule has 0 spiro atoms. The minimum atomic E-state index is -0.368. The second-order valence-corrected chi connectivity index (χ2v) is 5.30. The van der Waals surface area contributed by atoms with Gasteiger partial charge in [0.15, 0.2) is 0 Å². The van der Waals surface area contributed by atoms with E-state index in [1.165, 1.54) is 6.07 Å². The average Bonchev–Trinajstić information content (AvgIpc) is 2.57. The molecule has 0 radical (unpaired) electrons. The van der Waals surface area contributed by atoms with Crippen molar-refractivity contribution in [2.24, 2.45) is 0 Å². The van der Waals surface area contributed by atoms with Gasteiger partial charge in [0.2, 0.25) is 0 Å². The second kappa shape index (κ2) is 3.71. The maximum Gasteiger partial charge on any atom is 0.146 e. The zero-order chi connectivity index (χ0) is 10.1. The van der Waals surface area contributed by atoms with Crippen molar-refractivity contribution in [3.8, 4) is 10.4 Å². The lowest BCUT2D eigenvalue weighted by Crippen LogP contribution is -1.89. The van der Waals surface area contributed by atoms with Crippen LogP contribution in [0.2, 0.25) is 0 Å². The van der Waals surface area contributed by atoms with Gasteiger partial charge in [-0.25, -0.2) is 4.39 Å². The molecule has 72 valence electrons. The Morgan fingerprint density at radius 2 is 2.00 bits per heavy atom. The highest BCUT2D eigenvalue weighted by molar-refractivity contribution is 9.11. The summed E-state index contributed by atoms with van der Waals surface area (Å²) in [6, 6.07) is 8.73. The van der Waals surface area contributed by atoms with Crippen LogP contribution in [0.4, 0.5) is 10.1 Å². The Labute approximate surface area is 93.5 Å². The van der Waals surface area contributed by atoms with Crippen molar-refractivity contribution in [1.82, 2.24) is 0 Å². The van der Waals surface area contributed by atoms with Crippen LogP contribution in [0.15, 0.2) is 34.1 Å². The summed E-state index contributed by atoms with van der Waals surface area (Å²) in [4.78, 5) is 1.02. The van der Waals surface area contributed by atoms with Gasteiger partial charge in [-0.1, -0.05) is 6.07 Å². The molecule has 2 N–H and O–H groups in total. The Hall–Kier alpha value is -0.870. The first-order valence-corrected chi connectivity index (χ1v) is 5.58. The van der Waals surface area contributed by atoms with E-state index in [0.717, 1.165) is 14.2 Å². The fraction of sp³-hybridized carbons (Fsp3) is 0. The van der Waals surface area contributed by atoms with Gasteiger partial charge in [0.25, 0.3) is 0 Å². The molecule has 1 heterocycles. The lowest BCUT2D eigenvalue weighted by Gasteiger charge is -1.99. The molecule has 2 aromatic rings. The number of nitrogens with two attached hydrogens (primary N) is 1. The molecule has 4 heteroatoms. The van der Waals surface area contributed by atoms with Crippen LogP contribution in [-0.4, -0.2) is 0 Å². The lowest BCUT2D eigenvalue weighted by molar-refractivity contribution is 0.633. The van der Waals surface area contributed by atoms with Crippen LogP contribution in [-0.2, 0) is 0 Å². The van der Waals surface area contributed by atoms with Gasteiger partial charge in [-0.05, 0) is 45.8 Å². The monoisotopic (exact) mass is 271 g/mol. The fourth-order valence-electron chi connectivity index (χ4n) is 1.15. The molecular formula is C10H7BrFNS. The van der Waals surface area contributed by atoms with Crippen molar-refractivity contribution in [1.29, 1.82) is 0 Å². The third-order valence-electron chi connectivity index (χ3n) is 1.86. The standard InChI is InChI=1S/C10H7BrFNS/c11-10-4-3-9(14-10)6-1-2-8(13)7(12)5-6/h1-5H,13H2. The Morgan fingerprint density at radius 3 is 2.57 bits per heavy atom. The van der Waals surface area contributed by atoms with Crippen molar-refractivity contribution >= 4 is 33.0 Å². The Kier molecular flexibility index (Phi) is 2.56. The number of thiophene rings is 1.